The van der Waals surface area contributed by atoms with Crippen LogP contribution >= 0.6 is 0 Å². The highest BCUT2D eigenvalue weighted by molar-refractivity contribution is 5.50. The molecule has 2 rings (SSSR count). The van der Waals surface area contributed by atoms with Gasteiger partial charge in [-0.05, 0) is 37.0 Å². The van der Waals surface area contributed by atoms with Gasteiger partial charge in [0, 0.05) is 11.2 Å². The first-order chi connectivity index (χ1) is 7.12. The molecule has 0 saturated heterocycles. The van der Waals surface area contributed by atoms with Crippen LogP contribution < -0.4 is 11.5 Å². The molecule has 1 aromatic rings. The summed E-state index contributed by atoms with van der Waals surface area (Å²) in [4.78, 5) is 0. The maximum absolute atomic E-state index is 6.44. The molecule has 1 aliphatic rings. The molecule has 0 aromatic heterocycles. The zero-order chi connectivity index (χ0) is 10.9. The van der Waals surface area contributed by atoms with Crippen LogP contribution in [0.25, 0.3) is 0 Å². The molecule has 1 fully saturated rings. The average Bonchev–Trinajstić information content (AvgIpc) is 2.23. The van der Waals surface area contributed by atoms with Gasteiger partial charge < -0.3 is 11.5 Å². The Labute approximate surface area is 91.7 Å². The van der Waals surface area contributed by atoms with Crippen molar-refractivity contribution in [1.82, 2.24) is 0 Å². The summed E-state index contributed by atoms with van der Waals surface area (Å²) in [6.07, 6.45) is 5.99. The second-order valence-electron chi connectivity index (χ2n) is 4.79. The second-order valence-corrected chi connectivity index (χ2v) is 4.79. The van der Waals surface area contributed by atoms with Crippen LogP contribution in [-0.4, -0.2) is 0 Å². The lowest BCUT2D eigenvalue weighted by Crippen LogP contribution is -2.38. The van der Waals surface area contributed by atoms with E-state index in [1.807, 2.05) is 6.92 Å². The number of rotatable bonds is 1. The topological polar surface area (TPSA) is 52.0 Å². The molecule has 4 N–H and O–H groups in total. The standard InChI is InChI=1S/C13H20N2/c1-10-5-6-11(9-12(10)14)13(15)7-3-2-4-8-13/h5-6,9H,2-4,7-8,14-15H2,1H3. The molecule has 15 heavy (non-hydrogen) atoms. The third kappa shape index (κ3) is 2.00. The molecule has 1 saturated carbocycles. The maximum Gasteiger partial charge on any atom is 0.0410 e. The van der Waals surface area contributed by atoms with Crippen molar-refractivity contribution in [2.75, 3.05) is 5.73 Å². The van der Waals surface area contributed by atoms with Crippen molar-refractivity contribution in [1.29, 1.82) is 0 Å². The van der Waals surface area contributed by atoms with Crippen molar-refractivity contribution in [2.45, 2.75) is 44.6 Å². The number of nitrogen functional groups attached to an aromatic ring is 1. The molecule has 2 heteroatoms. The SMILES string of the molecule is Cc1ccc(C2(N)CCCCC2)cc1N. The van der Waals surface area contributed by atoms with E-state index in [4.69, 9.17) is 11.5 Å². The van der Waals surface area contributed by atoms with Crippen LogP contribution in [0, 0.1) is 6.92 Å². The van der Waals surface area contributed by atoms with Crippen molar-refractivity contribution >= 4 is 5.69 Å². The number of anilines is 1. The molecular formula is C13H20N2. The fourth-order valence-corrected chi connectivity index (χ4v) is 2.42. The Balaban J connectivity index is 2.31. The summed E-state index contributed by atoms with van der Waals surface area (Å²) in [5.41, 5.74) is 15.5. The highest BCUT2D eigenvalue weighted by Gasteiger charge is 2.29. The molecule has 0 bridgehead atoms. The minimum atomic E-state index is -0.125. The van der Waals surface area contributed by atoms with E-state index in [2.05, 4.69) is 18.2 Å². The van der Waals surface area contributed by atoms with E-state index < -0.39 is 0 Å². The molecule has 1 aromatic carbocycles. The fraction of sp³-hybridized carbons (Fsp3) is 0.538. The molecule has 1 aliphatic carbocycles. The van der Waals surface area contributed by atoms with Gasteiger partial charge in [-0.2, -0.15) is 0 Å². The Morgan fingerprint density at radius 3 is 2.40 bits per heavy atom. The first-order valence-electron chi connectivity index (χ1n) is 5.77. The summed E-state index contributed by atoms with van der Waals surface area (Å²) in [6, 6.07) is 6.27. The summed E-state index contributed by atoms with van der Waals surface area (Å²) in [5.74, 6) is 0. The fourth-order valence-electron chi connectivity index (χ4n) is 2.42. The van der Waals surface area contributed by atoms with Crippen molar-refractivity contribution in [2.24, 2.45) is 5.73 Å². The number of hydrogen-bond donors (Lipinski definition) is 2. The van der Waals surface area contributed by atoms with Gasteiger partial charge in [-0.1, -0.05) is 31.4 Å². The second kappa shape index (κ2) is 3.86. The lowest BCUT2D eigenvalue weighted by atomic mass is 9.77. The van der Waals surface area contributed by atoms with Gasteiger partial charge in [0.15, 0.2) is 0 Å². The maximum atomic E-state index is 6.44. The number of aryl methyl sites for hydroxylation is 1. The average molecular weight is 204 g/mol. The van der Waals surface area contributed by atoms with Crippen LogP contribution in [0.5, 0.6) is 0 Å². The third-order valence-corrected chi connectivity index (χ3v) is 3.60. The highest BCUT2D eigenvalue weighted by Crippen LogP contribution is 2.35. The Hall–Kier alpha value is -1.02. The Morgan fingerprint density at radius 2 is 1.80 bits per heavy atom. The molecule has 0 aliphatic heterocycles. The summed E-state index contributed by atoms with van der Waals surface area (Å²) in [7, 11) is 0. The molecule has 0 unspecified atom stereocenters. The smallest absolute Gasteiger partial charge is 0.0410 e. The minimum absolute atomic E-state index is 0.125. The first-order valence-corrected chi connectivity index (χ1v) is 5.77. The van der Waals surface area contributed by atoms with Gasteiger partial charge in [-0.3, -0.25) is 0 Å². The largest absolute Gasteiger partial charge is 0.399 e. The van der Waals surface area contributed by atoms with Gasteiger partial charge in [0.2, 0.25) is 0 Å². The predicted molar refractivity (Wildman–Crippen MR) is 64.5 cm³/mol. The monoisotopic (exact) mass is 204 g/mol. The zero-order valence-corrected chi connectivity index (χ0v) is 9.42. The molecule has 2 nitrogen and oxygen atoms in total. The molecule has 0 amide bonds. The van der Waals surface area contributed by atoms with Gasteiger partial charge in [0.1, 0.15) is 0 Å². The Kier molecular flexibility index (Phi) is 2.70. The van der Waals surface area contributed by atoms with E-state index in [0.717, 1.165) is 24.1 Å². The zero-order valence-electron chi connectivity index (χ0n) is 9.42. The van der Waals surface area contributed by atoms with Gasteiger partial charge in [-0.15, -0.1) is 0 Å². The van der Waals surface area contributed by atoms with Gasteiger partial charge in [0.05, 0.1) is 0 Å². The number of nitrogens with two attached hydrogens (primary N) is 2. The summed E-state index contributed by atoms with van der Waals surface area (Å²) in [6.45, 7) is 2.03. The summed E-state index contributed by atoms with van der Waals surface area (Å²) < 4.78 is 0. The van der Waals surface area contributed by atoms with Gasteiger partial charge in [-0.25, -0.2) is 0 Å². The molecule has 0 heterocycles. The molecule has 0 atom stereocenters. The normalized spacial score (nSPS) is 20.1. The molecular weight excluding hydrogens is 184 g/mol. The van der Waals surface area contributed by atoms with Crippen LogP contribution in [0.15, 0.2) is 18.2 Å². The van der Waals surface area contributed by atoms with Crippen molar-refractivity contribution in [3.8, 4) is 0 Å². The summed E-state index contributed by atoms with van der Waals surface area (Å²) in [5, 5.41) is 0. The van der Waals surface area contributed by atoms with E-state index in [0.29, 0.717) is 0 Å². The third-order valence-electron chi connectivity index (χ3n) is 3.60. The van der Waals surface area contributed by atoms with E-state index in [1.165, 1.54) is 24.8 Å². The van der Waals surface area contributed by atoms with E-state index in [-0.39, 0.29) is 5.54 Å². The van der Waals surface area contributed by atoms with Crippen LogP contribution in [0.3, 0.4) is 0 Å². The highest BCUT2D eigenvalue weighted by atomic mass is 14.7. The van der Waals surface area contributed by atoms with Crippen LogP contribution in [0.4, 0.5) is 5.69 Å². The summed E-state index contributed by atoms with van der Waals surface area (Å²) >= 11 is 0. The van der Waals surface area contributed by atoms with Gasteiger partial charge in [0.25, 0.3) is 0 Å². The molecule has 0 radical (unpaired) electrons. The predicted octanol–water partition coefficient (Wildman–Crippen LogP) is 2.70. The lowest BCUT2D eigenvalue weighted by Gasteiger charge is -2.34. The van der Waals surface area contributed by atoms with E-state index in [1.54, 1.807) is 0 Å². The van der Waals surface area contributed by atoms with Gasteiger partial charge >= 0.3 is 0 Å². The van der Waals surface area contributed by atoms with E-state index >= 15 is 0 Å². The minimum Gasteiger partial charge on any atom is -0.399 e. The van der Waals surface area contributed by atoms with Crippen molar-refractivity contribution in [3.05, 3.63) is 29.3 Å². The molecule has 82 valence electrons. The Bertz CT molecular complexity index is 352. The van der Waals surface area contributed by atoms with E-state index in [9.17, 15) is 0 Å². The first kappa shape index (κ1) is 10.5. The van der Waals surface area contributed by atoms with Crippen LogP contribution in [-0.2, 0) is 5.54 Å². The molecule has 0 spiro atoms. The van der Waals surface area contributed by atoms with Crippen molar-refractivity contribution in [3.63, 3.8) is 0 Å². The van der Waals surface area contributed by atoms with Crippen LogP contribution in [0.2, 0.25) is 0 Å². The van der Waals surface area contributed by atoms with Crippen LogP contribution in [0.1, 0.15) is 43.2 Å². The lowest BCUT2D eigenvalue weighted by molar-refractivity contribution is 0.302. The number of benzene rings is 1. The van der Waals surface area contributed by atoms with Crippen molar-refractivity contribution < 1.29 is 0 Å². The quantitative estimate of drug-likeness (QED) is 0.691. The Morgan fingerprint density at radius 1 is 1.13 bits per heavy atom. The number of hydrogen-bond acceptors (Lipinski definition) is 2.